The molecule has 2 aliphatic rings. The van der Waals surface area contributed by atoms with Crippen molar-refractivity contribution in [3.05, 3.63) is 34.9 Å². The number of ketones is 1. The largest absolute Gasteiger partial charge is 0.334 e. The summed E-state index contributed by atoms with van der Waals surface area (Å²) in [6.07, 6.45) is 2.53. The Balaban J connectivity index is 2.01. The van der Waals surface area contributed by atoms with E-state index in [9.17, 15) is 9.59 Å². The van der Waals surface area contributed by atoms with Crippen LogP contribution in [0.25, 0.3) is 0 Å². The third-order valence-electron chi connectivity index (χ3n) is 4.06. The van der Waals surface area contributed by atoms with Gasteiger partial charge in [-0.2, -0.15) is 0 Å². The van der Waals surface area contributed by atoms with Gasteiger partial charge in [0.15, 0.2) is 0 Å². The molecule has 3 rings (SSSR count). The normalized spacial score (nSPS) is 22.7. The van der Waals surface area contributed by atoms with Gasteiger partial charge in [-0.15, -0.1) is 0 Å². The predicted molar refractivity (Wildman–Crippen MR) is 68.2 cm³/mol. The van der Waals surface area contributed by atoms with Crippen molar-refractivity contribution in [1.29, 1.82) is 0 Å². The summed E-state index contributed by atoms with van der Waals surface area (Å²) in [5.74, 6) is 0.0788. The van der Waals surface area contributed by atoms with Crippen LogP contribution in [-0.4, -0.2) is 23.1 Å². The van der Waals surface area contributed by atoms with Crippen LogP contribution in [0.3, 0.4) is 0 Å². The second-order valence-electron chi connectivity index (χ2n) is 5.16. The average Bonchev–Trinajstić information content (AvgIpc) is 2.37. The molecular formula is C15H17NO2. The summed E-state index contributed by atoms with van der Waals surface area (Å²) < 4.78 is 0. The van der Waals surface area contributed by atoms with Crippen LogP contribution in [0.5, 0.6) is 0 Å². The van der Waals surface area contributed by atoms with E-state index in [0.29, 0.717) is 6.42 Å². The summed E-state index contributed by atoms with van der Waals surface area (Å²) in [5, 5.41) is 0. The smallest absolute Gasteiger partial charge is 0.230 e. The van der Waals surface area contributed by atoms with Crippen LogP contribution >= 0.6 is 0 Å². The van der Waals surface area contributed by atoms with E-state index >= 15 is 0 Å². The van der Waals surface area contributed by atoms with E-state index in [1.807, 2.05) is 4.90 Å². The Hall–Kier alpha value is -1.64. The lowest BCUT2D eigenvalue weighted by Gasteiger charge is -2.40. The highest BCUT2D eigenvalue weighted by Gasteiger charge is 2.36. The standard InChI is InChI=1S/C15H17NO2/c1-2-10-3-4-13-11(7-10)5-6-16-14(13)8-12(17)9-15(16)18/h3-4,7,14H,2,5-6,8-9H2,1H3. The van der Waals surface area contributed by atoms with Crippen molar-refractivity contribution in [2.45, 2.75) is 38.6 Å². The highest BCUT2D eigenvalue weighted by molar-refractivity contribution is 6.01. The second-order valence-corrected chi connectivity index (χ2v) is 5.16. The first-order valence-corrected chi connectivity index (χ1v) is 6.62. The lowest BCUT2D eigenvalue weighted by atomic mass is 9.85. The molecule has 0 N–H and O–H groups in total. The van der Waals surface area contributed by atoms with Crippen molar-refractivity contribution in [3.8, 4) is 0 Å². The number of rotatable bonds is 1. The average molecular weight is 243 g/mol. The minimum Gasteiger partial charge on any atom is -0.334 e. The van der Waals surface area contributed by atoms with Gasteiger partial charge in [-0.3, -0.25) is 9.59 Å². The van der Waals surface area contributed by atoms with Gasteiger partial charge >= 0.3 is 0 Å². The number of hydrogen-bond acceptors (Lipinski definition) is 2. The van der Waals surface area contributed by atoms with Gasteiger partial charge in [-0.05, 0) is 29.5 Å². The van der Waals surface area contributed by atoms with E-state index in [4.69, 9.17) is 0 Å². The van der Waals surface area contributed by atoms with Crippen molar-refractivity contribution in [3.63, 3.8) is 0 Å². The van der Waals surface area contributed by atoms with Gasteiger partial charge < -0.3 is 4.90 Å². The molecule has 1 aromatic rings. The zero-order valence-corrected chi connectivity index (χ0v) is 10.6. The van der Waals surface area contributed by atoms with Crippen molar-refractivity contribution >= 4 is 11.7 Å². The van der Waals surface area contributed by atoms with Gasteiger partial charge in [0.25, 0.3) is 0 Å². The Morgan fingerprint density at radius 1 is 1.33 bits per heavy atom. The number of aryl methyl sites for hydroxylation is 1. The number of Topliss-reactive ketones (excluding diaryl/α,β-unsaturated/α-hetero) is 1. The number of fused-ring (bicyclic) bond motifs is 3. The number of piperidine rings is 1. The summed E-state index contributed by atoms with van der Waals surface area (Å²) in [6.45, 7) is 2.90. The molecular weight excluding hydrogens is 226 g/mol. The molecule has 0 aliphatic carbocycles. The molecule has 1 unspecified atom stereocenters. The summed E-state index contributed by atoms with van der Waals surface area (Å²) in [7, 11) is 0. The fourth-order valence-corrected chi connectivity index (χ4v) is 3.06. The van der Waals surface area contributed by atoms with Crippen LogP contribution in [-0.2, 0) is 22.4 Å². The Morgan fingerprint density at radius 3 is 2.94 bits per heavy atom. The van der Waals surface area contributed by atoms with Crippen molar-refractivity contribution in [1.82, 2.24) is 4.90 Å². The zero-order valence-electron chi connectivity index (χ0n) is 10.6. The van der Waals surface area contributed by atoms with E-state index in [2.05, 4.69) is 25.1 Å². The summed E-state index contributed by atoms with van der Waals surface area (Å²) in [4.78, 5) is 25.4. The Labute approximate surface area is 107 Å². The molecule has 0 aromatic heterocycles. The van der Waals surface area contributed by atoms with Gasteiger partial charge in [0.2, 0.25) is 5.91 Å². The maximum Gasteiger partial charge on any atom is 0.230 e. The Morgan fingerprint density at radius 2 is 2.17 bits per heavy atom. The lowest BCUT2D eigenvalue weighted by Crippen LogP contribution is -2.45. The van der Waals surface area contributed by atoms with Gasteiger partial charge in [0.1, 0.15) is 5.78 Å². The van der Waals surface area contributed by atoms with Crippen LogP contribution in [0.1, 0.15) is 42.5 Å². The summed E-state index contributed by atoms with van der Waals surface area (Å²) in [5.41, 5.74) is 3.83. The van der Waals surface area contributed by atoms with Crippen molar-refractivity contribution < 1.29 is 9.59 Å². The molecule has 2 heterocycles. The van der Waals surface area contributed by atoms with Gasteiger partial charge in [-0.1, -0.05) is 25.1 Å². The van der Waals surface area contributed by atoms with Crippen LogP contribution < -0.4 is 0 Å². The Bertz CT molecular complexity index is 521. The molecule has 1 aromatic carbocycles. The van der Waals surface area contributed by atoms with Gasteiger partial charge in [0.05, 0.1) is 12.5 Å². The monoisotopic (exact) mass is 243 g/mol. The highest BCUT2D eigenvalue weighted by atomic mass is 16.2. The van der Waals surface area contributed by atoms with E-state index < -0.39 is 0 Å². The fraction of sp³-hybridized carbons (Fsp3) is 0.467. The summed E-state index contributed by atoms with van der Waals surface area (Å²) >= 11 is 0. The maximum atomic E-state index is 11.9. The quantitative estimate of drug-likeness (QED) is 0.708. The van der Waals surface area contributed by atoms with Gasteiger partial charge in [-0.25, -0.2) is 0 Å². The lowest BCUT2D eigenvalue weighted by molar-refractivity contribution is -0.143. The molecule has 1 saturated heterocycles. The molecule has 1 amide bonds. The number of nitrogens with zero attached hydrogens (tertiary/aromatic N) is 1. The Kier molecular flexibility index (Phi) is 2.69. The van der Waals surface area contributed by atoms with Crippen LogP contribution in [0, 0.1) is 0 Å². The van der Waals surface area contributed by atoms with E-state index in [1.54, 1.807) is 0 Å². The first-order chi connectivity index (χ1) is 8.69. The molecule has 0 spiro atoms. The molecule has 18 heavy (non-hydrogen) atoms. The molecule has 2 aliphatic heterocycles. The van der Waals surface area contributed by atoms with Crippen LogP contribution in [0.4, 0.5) is 0 Å². The first-order valence-electron chi connectivity index (χ1n) is 6.62. The van der Waals surface area contributed by atoms with E-state index in [0.717, 1.165) is 19.4 Å². The first kappa shape index (κ1) is 11.5. The number of hydrogen-bond donors (Lipinski definition) is 0. The van der Waals surface area contributed by atoms with Crippen molar-refractivity contribution in [2.24, 2.45) is 0 Å². The van der Waals surface area contributed by atoms with E-state index in [-0.39, 0.29) is 24.2 Å². The molecule has 3 heteroatoms. The number of carbonyl (C=O) groups excluding carboxylic acids is 2. The van der Waals surface area contributed by atoms with Crippen LogP contribution in [0.15, 0.2) is 18.2 Å². The number of amides is 1. The third-order valence-corrected chi connectivity index (χ3v) is 4.06. The molecule has 94 valence electrons. The van der Waals surface area contributed by atoms with Crippen LogP contribution in [0.2, 0.25) is 0 Å². The SMILES string of the molecule is CCc1ccc2c(c1)CCN1C(=O)CC(=O)CC21. The minimum atomic E-state index is -0.00611. The number of carbonyl (C=O) groups is 2. The molecule has 0 radical (unpaired) electrons. The molecule has 1 atom stereocenters. The van der Waals surface area contributed by atoms with Gasteiger partial charge in [0, 0.05) is 13.0 Å². The topological polar surface area (TPSA) is 37.4 Å². The maximum absolute atomic E-state index is 11.9. The highest BCUT2D eigenvalue weighted by Crippen LogP contribution is 2.36. The third kappa shape index (κ3) is 1.74. The number of benzene rings is 1. The molecule has 3 nitrogen and oxygen atoms in total. The predicted octanol–water partition coefficient (Wildman–Crippen LogP) is 2.04. The molecule has 0 bridgehead atoms. The van der Waals surface area contributed by atoms with Crippen molar-refractivity contribution in [2.75, 3.05) is 6.54 Å². The summed E-state index contributed by atoms with van der Waals surface area (Å²) in [6, 6.07) is 6.45. The molecule has 0 saturated carbocycles. The van der Waals surface area contributed by atoms with E-state index in [1.165, 1.54) is 16.7 Å². The zero-order chi connectivity index (χ0) is 12.7. The molecule has 1 fully saturated rings. The minimum absolute atomic E-state index is 0.00136. The fourth-order valence-electron chi connectivity index (χ4n) is 3.06. The second kappa shape index (κ2) is 4.23.